The predicted octanol–water partition coefficient (Wildman–Crippen LogP) is 3.16. The zero-order valence-corrected chi connectivity index (χ0v) is 16.9. The van der Waals surface area contributed by atoms with Gasteiger partial charge < -0.3 is 9.88 Å². The van der Waals surface area contributed by atoms with Crippen LogP contribution < -0.4 is 5.32 Å². The fourth-order valence-corrected chi connectivity index (χ4v) is 4.78. The Bertz CT molecular complexity index is 1110. The van der Waals surface area contributed by atoms with E-state index in [4.69, 9.17) is 0 Å². The third-order valence-corrected chi connectivity index (χ3v) is 6.86. The van der Waals surface area contributed by atoms with E-state index in [9.17, 15) is 22.4 Å². The molecule has 2 aromatic carbocycles. The summed E-state index contributed by atoms with van der Waals surface area (Å²) in [4.78, 5) is 23.3. The number of sulfone groups is 1. The van der Waals surface area contributed by atoms with Crippen molar-refractivity contribution in [1.82, 2.24) is 9.88 Å². The summed E-state index contributed by atoms with van der Waals surface area (Å²) in [6.07, 6.45) is 2.50. The molecule has 1 amide bonds. The number of aromatic nitrogens is 1. The van der Waals surface area contributed by atoms with Crippen molar-refractivity contribution in [3.8, 4) is 0 Å². The van der Waals surface area contributed by atoms with Crippen molar-refractivity contribution in [2.45, 2.75) is 23.1 Å². The Labute approximate surface area is 174 Å². The van der Waals surface area contributed by atoms with Gasteiger partial charge in [-0.15, -0.1) is 0 Å². The number of nitrogens with one attached hydrogen (secondary N) is 1. The zero-order valence-electron chi connectivity index (χ0n) is 16.1. The zero-order chi connectivity index (χ0) is 21.6. The van der Waals surface area contributed by atoms with Gasteiger partial charge in [0.25, 0.3) is 0 Å². The summed E-state index contributed by atoms with van der Waals surface area (Å²) in [6, 6.07) is 16.5. The molecule has 0 saturated carbocycles. The second-order valence-corrected chi connectivity index (χ2v) is 8.83. The SMILES string of the molecule is O=Cc1cccn1CCC(=O)NCC(c1ccccc1)S(=O)(=O)c1ccc(F)cc1. The highest BCUT2D eigenvalue weighted by Gasteiger charge is 2.29. The molecule has 156 valence electrons. The van der Waals surface area contributed by atoms with Gasteiger partial charge in [0.2, 0.25) is 5.91 Å². The number of benzene rings is 2. The monoisotopic (exact) mass is 428 g/mol. The van der Waals surface area contributed by atoms with Crippen molar-refractivity contribution >= 4 is 22.0 Å². The van der Waals surface area contributed by atoms with Crippen molar-refractivity contribution in [2.24, 2.45) is 0 Å². The summed E-state index contributed by atoms with van der Waals surface area (Å²) in [6.45, 7) is 0.169. The molecule has 3 aromatic rings. The molecule has 0 bridgehead atoms. The topological polar surface area (TPSA) is 85.2 Å². The van der Waals surface area contributed by atoms with Crippen LogP contribution in [0, 0.1) is 5.82 Å². The van der Waals surface area contributed by atoms with Gasteiger partial charge in [0.15, 0.2) is 16.1 Å². The predicted molar refractivity (Wildman–Crippen MR) is 110 cm³/mol. The van der Waals surface area contributed by atoms with Crippen molar-refractivity contribution in [3.05, 3.63) is 90.0 Å². The molecule has 8 heteroatoms. The number of hydrogen-bond acceptors (Lipinski definition) is 4. The first-order chi connectivity index (χ1) is 14.4. The third-order valence-electron chi connectivity index (χ3n) is 4.74. The Kier molecular flexibility index (Phi) is 6.79. The Morgan fingerprint density at radius 2 is 1.73 bits per heavy atom. The van der Waals surface area contributed by atoms with Gasteiger partial charge in [-0.2, -0.15) is 0 Å². The fraction of sp³-hybridized carbons (Fsp3) is 0.182. The molecule has 1 unspecified atom stereocenters. The summed E-state index contributed by atoms with van der Waals surface area (Å²) in [5.74, 6) is -0.867. The Morgan fingerprint density at radius 1 is 1.03 bits per heavy atom. The number of amides is 1. The van der Waals surface area contributed by atoms with Gasteiger partial charge in [-0.1, -0.05) is 30.3 Å². The van der Waals surface area contributed by atoms with Crippen LogP contribution in [0.2, 0.25) is 0 Å². The molecular weight excluding hydrogens is 407 g/mol. The van der Waals surface area contributed by atoms with E-state index in [1.807, 2.05) is 0 Å². The van der Waals surface area contributed by atoms with Crippen LogP contribution in [0.4, 0.5) is 4.39 Å². The maximum atomic E-state index is 13.2. The fourth-order valence-electron chi connectivity index (χ4n) is 3.12. The van der Waals surface area contributed by atoms with Crippen molar-refractivity contribution in [3.63, 3.8) is 0 Å². The normalized spacial score (nSPS) is 12.3. The smallest absolute Gasteiger partial charge is 0.221 e. The van der Waals surface area contributed by atoms with E-state index < -0.39 is 20.9 Å². The lowest BCUT2D eigenvalue weighted by Crippen LogP contribution is -2.32. The van der Waals surface area contributed by atoms with Gasteiger partial charge in [0, 0.05) is 25.7 Å². The van der Waals surface area contributed by atoms with Crippen molar-refractivity contribution in [1.29, 1.82) is 0 Å². The van der Waals surface area contributed by atoms with Crippen LogP contribution in [-0.4, -0.2) is 31.7 Å². The van der Waals surface area contributed by atoms with Crippen molar-refractivity contribution < 1.29 is 22.4 Å². The number of halogens is 1. The van der Waals surface area contributed by atoms with Crippen LogP contribution in [0.5, 0.6) is 0 Å². The molecule has 0 radical (unpaired) electrons. The summed E-state index contributed by atoms with van der Waals surface area (Å²) in [7, 11) is -3.87. The highest BCUT2D eigenvalue weighted by molar-refractivity contribution is 7.91. The van der Waals surface area contributed by atoms with Crippen LogP contribution in [0.3, 0.4) is 0 Å². The minimum atomic E-state index is -3.87. The molecule has 1 atom stereocenters. The van der Waals surface area contributed by atoms with Gasteiger partial charge in [-0.3, -0.25) is 9.59 Å². The first kappa shape index (κ1) is 21.4. The highest BCUT2D eigenvalue weighted by Crippen LogP contribution is 2.28. The van der Waals surface area contributed by atoms with Crippen LogP contribution in [0.15, 0.2) is 77.8 Å². The maximum Gasteiger partial charge on any atom is 0.221 e. The van der Waals surface area contributed by atoms with E-state index >= 15 is 0 Å². The second-order valence-electron chi connectivity index (χ2n) is 6.70. The summed E-state index contributed by atoms with van der Waals surface area (Å²) < 4.78 is 41.2. The van der Waals surface area contributed by atoms with E-state index in [1.165, 1.54) is 12.1 Å². The van der Waals surface area contributed by atoms with E-state index in [0.29, 0.717) is 24.1 Å². The summed E-state index contributed by atoms with van der Waals surface area (Å²) >= 11 is 0. The minimum absolute atomic E-state index is 0.0185. The quantitative estimate of drug-likeness (QED) is 0.419. The molecule has 1 aromatic heterocycles. The minimum Gasteiger partial charge on any atom is -0.354 e. The van der Waals surface area contributed by atoms with Gasteiger partial charge in [0.05, 0.1) is 10.6 Å². The lowest BCUT2D eigenvalue weighted by atomic mass is 10.1. The van der Waals surface area contributed by atoms with E-state index in [0.717, 1.165) is 12.1 Å². The number of rotatable bonds is 9. The number of carbonyl (C=O) groups excluding carboxylic acids is 2. The Balaban J connectivity index is 1.74. The van der Waals surface area contributed by atoms with E-state index in [2.05, 4.69) is 5.32 Å². The molecule has 0 aliphatic heterocycles. The van der Waals surface area contributed by atoms with Crippen LogP contribution in [0.1, 0.15) is 27.7 Å². The molecule has 30 heavy (non-hydrogen) atoms. The van der Waals surface area contributed by atoms with E-state index in [1.54, 1.807) is 53.2 Å². The summed E-state index contributed by atoms with van der Waals surface area (Å²) in [5.41, 5.74) is 0.986. The summed E-state index contributed by atoms with van der Waals surface area (Å²) in [5, 5.41) is 1.65. The Hall–Kier alpha value is -3.26. The lowest BCUT2D eigenvalue weighted by Gasteiger charge is -2.19. The molecular formula is C22H21FN2O4S. The average molecular weight is 428 g/mol. The molecule has 3 rings (SSSR count). The van der Waals surface area contributed by atoms with Crippen LogP contribution in [-0.2, 0) is 21.2 Å². The average Bonchev–Trinajstić information content (AvgIpc) is 3.21. The number of carbonyl (C=O) groups is 2. The van der Waals surface area contributed by atoms with Gasteiger partial charge in [-0.05, 0) is 42.0 Å². The largest absolute Gasteiger partial charge is 0.354 e. The second kappa shape index (κ2) is 9.49. The van der Waals surface area contributed by atoms with Crippen molar-refractivity contribution in [2.75, 3.05) is 6.54 Å². The molecule has 0 saturated heterocycles. The molecule has 0 spiro atoms. The Morgan fingerprint density at radius 3 is 2.40 bits per heavy atom. The van der Waals surface area contributed by atoms with Crippen LogP contribution in [0.25, 0.3) is 0 Å². The lowest BCUT2D eigenvalue weighted by molar-refractivity contribution is -0.121. The molecule has 1 heterocycles. The number of aldehydes is 1. The van der Waals surface area contributed by atoms with Gasteiger partial charge >= 0.3 is 0 Å². The van der Waals surface area contributed by atoms with Gasteiger partial charge in [-0.25, -0.2) is 12.8 Å². The number of nitrogens with zero attached hydrogens (tertiary/aromatic N) is 1. The standard InChI is InChI=1S/C22H21FN2O4S/c23-18-8-10-20(11-9-18)30(28,29)21(17-5-2-1-3-6-17)15-24-22(27)12-14-25-13-4-7-19(25)16-26/h1-11,13,16,21H,12,14-15H2,(H,24,27). The van der Waals surface area contributed by atoms with Crippen LogP contribution >= 0.6 is 0 Å². The number of hydrogen-bond donors (Lipinski definition) is 1. The molecule has 0 aliphatic carbocycles. The molecule has 0 fully saturated rings. The highest BCUT2D eigenvalue weighted by atomic mass is 32.2. The first-order valence-electron chi connectivity index (χ1n) is 9.33. The number of aryl methyl sites for hydroxylation is 1. The molecule has 6 nitrogen and oxygen atoms in total. The van der Waals surface area contributed by atoms with E-state index in [-0.39, 0.29) is 23.8 Å². The molecule has 0 aliphatic rings. The van der Waals surface area contributed by atoms with Gasteiger partial charge in [0.1, 0.15) is 11.1 Å². The maximum absolute atomic E-state index is 13.2. The third kappa shape index (κ3) is 5.01. The molecule has 1 N–H and O–H groups in total. The first-order valence-corrected chi connectivity index (χ1v) is 10.9.